The number of benzene rings is 2. The maximum absolute atomic E-state index is 13.0. The topological polar surface area (TPSA) is 75.6 Å². The van der Waals surface area contributed by atoms with Gasteiger partial charge in [0.05, 0.1) is 18.3 Å². The van der Waals surface area contributed by atoms with Crippen LogP contribution in [0.1, 0.15) is 6.42 Å². The molecule has 28 heavy (non-hydrogen) atoms. The fourth-order valence-electron chi connectivity index (χ4n) is 3.32. The SMILES string of the molecule is O=S(=O)(c1cccc2nsnc12)N1CCN(CCCOc2ccccc2)CC1. The molecule has 2 aromatic carbocycles. The van der Waals surface area contributed by atoms with Gasteiger partial charge in [0, 0.05) is 32.7 Å². The molecular formula is C19H22N4O3S2. The first-order valence-corrected chi connectivity index (χ1v) is 11.4. The summed E-state index contributed by atoms with van der Waals surface area (Å²) in [5, 5.41) is 0. The average molecular weight is 419 g/mol. The number of hydrogen-bond acceptors (Lipinski definition) is 7. The highest BCUT2D eigenvalue weighted by molar-refractivity contribution is 7.89. The summed E-state index contributed by atoms with van der Waals surface area (Å²) in [7, 11) is -3.56. The van der Waals surface area contributed by atoms with E-state index in [-0.39, 0.29) is 4.90 Å². The van der Waals surface area contributed by atoms with Crippen LogP contribution >= 0.6 is 11.7 Å². The molecule has 1 aliphatic heterocycles. The lowest BCUT2D eigenvalue weighted by atomic mass is 10.3. The predicted molar refractivity (Wildman–Crippen MR) is 109 cm³/mol. The van der Waals surface area contributed by atoms with Gasteiger partial charge in [-0.2, -0.15) is 13.1 Å². The molecule has 0 saturated carbocycles. The van der Waals surface area contributed by atoms with E-state index in [2.05, 4.69) is 13.6 Å². The highest BCUT2D eigenvalue weighted by Gasteiger charge is 2.30. The van der Waals surface area contributed by atoms with E-state index in [1.807, 2.05) is 30.3 Å². The largest absolute Gasteiger partial charge is 0.494 e. The van der Waals surface area contributed by atoms with E-state index in [0.717, 1.165) is 43.5 Å². The number of piperazine rings is 1. The van der Waals surface area contributed by atoms with Crippen LogP contribution in [-0.4, -0.2) is 65.7 Å². The van der Waals surface area contributed by atoms with Crippen molar-refractivity contribution in [3.05, 3.63) is 48.5 Å². The highest BCUT2D eigenvalue weighted by atomic mass is 32.2. The number of fused-ring (bicyclic) bond motifs is 1. The molecule has 0 atom stereocenters. The summed E-state index contributed by atoms with van der Waals surface area (Å²) < 4.78 is 41.7. The fraction of sp³-hybridized carbons (Fsp3) is 0.368. The fourth-order valence-corrected chi connectivity index (χ4v) is 5.49. The van der Waals surface area contributed by atoms with Gasteiger partial charge in [-0.05, 0) is 30.7 Å². The van der Waals surface area contributed by atoms with E-state index in [0.29, 0.717) is 30.7 Å². The highest BCUT2D eigenvalue weighted by Crippen LogP contribution is 2.25. The molecule has 2 heterocycles. The quantitative estimate of drug-likeness (QED) is 0.549. The van der Waals surface area contributed by atoms with Crippen molar-refractivity contribution in [3.8, 4) is 5.75 Å². The molecule has 0 bridgehead atoms. The number of para-hydroxylation sites is 1. The number of rotatable bonds is 7. The lowest BCUT2D eigenvalue weighted by molar-refractivity contribution is 0.174. The number of ether oxygens (including phenoxy) is 1. The number of aromatic nitrogens is 2. The second kappa shape index (κ2) is 8.52. The van der Waals surface area contributed by atoms with E-state index in [1.54, 1.807) is 22.5 Å². The Labute approximate surface area is 168 Å². The van der Waals surface area contributed by atoms with Crippen LogP contribution in [-0.2, 0) is 10.0 Å². The Kier molecular flexibility index (Phi) is 5.86. The number of hydrogen-bond donors (Lipinski definition) is 0. The minimum absolute atomic E-state index is 0.253. The number of nitrogens with zero attached hydrogens (tertiary/aromatic N) is 4. The molecule has 0 spiro atoms. The Morgan fingerprint density at radius 3 is 2.54 bits per heavy atom. The lowest BCUT2D eigenvalue weighted by Gasteiger charge is -2.33. The molecule has 0 unspecified atom stereocenters. The Morgan fingerprint density at radius 2 is 1.75 bits per heavy atom. The normalized spacial score (nSPS) is 16.4. The molecule has 1 saturated heterocycles. The van der Waals surface area contributed by atoms with Crippen LogP contribution in [0.5, 0.6) is 5.75 Å². The van der Waals surface area contributed by atoms with Crippen molar-refractivity contribution >= 4 is 32.8 Å². The van der Waals surface area contributed by atoms with Crippen molar-refractivity contribution in [2.75, 3.05) is 39.3 Å². The van der Waals surface area contributed by atoms with Gasteiger partial charge in [0.25, 0.3) is 0 Å². The molecule has 0 aliphatic carbocycles. The van der Waals surface area contributed by atoms with E-state index >= 15 is 0 Å². The number of sulfonamides is 1. The second-order valence-electron chi connectivity index (χ2n) is 6.65. The van der Waals surface area contributed by atoms with E-state index in [1.165, 1.54) is 0 Å². The van der Waals surface area contributed by atoms with Gasteiger partial charge in [-0.3, -0.25) is 0 Å². The standard InChI is InChI=1S/C19H22N4O3S2/c24-28(25,18-9-4-8-17-19(18)21-27-20-17)23-13-11-22(12-14-23)10-5-15-26-16-6-2-1-3-7-16/h1-4,6-9H,5,10-15H2. The maximum Gasteiger partial charge on any atom is 0.245 e. The van der Waals surface area contributed by atoms with Crippen LogP contribution in [0.3, 0.4) is 0 Å². The molecule has 148 valence electrons. The molecule has 1 aromatic heterocycles. The van der Waals surface area contributed by atoms with E-state index in [4.69, 9.17) is 4.74 Å². The van der Waals surface area contributed by atoms with Gasteiger partial charge in [0.15, 0.2) is 0 Å². The Hall–Kier alpha value is -2.07. The first-order valence-electron chi connectivity index (χ1n) is 9.26. The summed E-state index contributed by atoms with van der Waals surface area (Å²) in [5.41, 5.74) is 1.09. The summed E-state index contributed by atoms with van der Waals surface area (Å²) >= 11 is 1.04. The van der Waals surface area contributed by atoms with Crippen molar-refractivity contribution in [1.29, 1.82) is 0 Å². The van der Waals surface area contributed by atoms with Crippen molar-refractivity contribution in [1.82, 2.24) is 18.0 Å². The zero-order valence-electron chi connectivity index (χ0n) is 15.4. The Balaban J connectivity index is 1.29. The predicted octanol–water partition coefficient (Wildman–Crippen LogP) is 2.47. The summed E-state index contributed by atoms with van der Waals surface area (Å²) in [6, 6.07) is 14.9. The van der Waals surface area contributed by atoms with Crippen molar-refractivity contribution < 1.29 is 13.2 Å². The molecule has 0 amide bonds. The van der Waals surface area contributed by atoms with Crippen LogP contribution in [0, 0.1) is 0 Å². The van der Waals surface area contributed by atoms with E-state index < -0.39 is 10.0 Å². The Morgan fingerprint density at radius 1 is 0.964 bits per heavy atom. The van der Waals surface area contributed by atoms with Gasteiger partial charge in [0.2, 0.25) is 10.0 Å². The van der Waals surface area contributed by atoms with Crippen molar-refractivity contribution in [2.24, 2.45) is 0 Å². The third-order valence-electron chi connectivity index (χ3n) is 4.83. The smallest absolute Gasteiger partial charge is 0.245 e. The molecule has 1 aliphatic rings. The van der Waals surface area contributed by atoms with Crippen molar-refractivity contribution in [3.63, 3.8) is 0 Å². The third kappa shape index (κ3) is 4.17. The zero-order valence-corrected chi connectivity index (χ0v) is 17.0. The van der Waals surface area contributed by atoms with Crippen LogP contribution in [0.15, 0.2) is 53.4 Å². The molecule has 9 heteroatoms. The molecule has 4 rings (SSSR count). The molecule has 0 N–H and O–H groups in total. The van der Waals surface area contributed by atoms with Gasteiger partial charge in [-0.15, -0.1) is 0 Å². The average Bonchev–Trinajstić information content (AvgIpc) is 3.21. The van der Waals surface area contributed by atoms with Gasteiger partial charge in [-0.25, -0.2) is 8.42 Å². The summed E-state index contributed by atoms with van der Waals surface area (Å²) in [6.45, 7) is 3.95. The van der Waals surface area contributed by atoms with Gasteiger partial charge < -0.3 is 9.64 Å². The lowest BCUT2D eigenvalue weighted by Crippen LogP contribution is -2.48. The van der Waals surface area contributed by atoms with Crippen LogP contribution < -0.4 is 4.74 Å². The summed E-state index contributed by atoms with van der Waals surface area (Å²) in [5.74, 6) is 0.879. The molecule has 1 fully saturated rings. The molecule has 7 nitrogen and oxygen atoms in total. The first-order chi connectivity index (χ1) is 13.6. The van der Waals surface area contributed by atoms with Crippen LogP contribution in [0.2, 0.25) is 0 Å². The van der Waals surface area contributed by atoms with Gasteiger partial charge >= 0.3 is 0 Å². The van der Waals surface area contributed by atoms with Crippen LogP contribution in [0.25, 0.3) is 11.0 Å². The zero-order chi connectivity index (χ0) is 19.4. The maximum atomic E-state index is 13.0. The summed E-state index contributed by atoms with van der Waals surface area (Å²) in [6.07, 6.45) is 0.908. The molecule has 0 radical (unpaired) electrons. The minimum atomic E-state index is -3.56. The second-order valence-corrected chi connectivity index (χ2v) is 9.08. The van der Waals surface area contributed by atoms with Crippen LogP contribution in [0.4, 0.5) is 0 Å². The first kappa shape index (κ1) is 19.3. The minimum Gasteiger partial charge on any atom is -0.494 e. The third-order valence-corrected chi connectivity index (χ3v) is 7.30. The molecular weight excluding hydrogens is 396 g/mol. The van der Waals surface area contributed by atoms with Crippen molar-refractivity contribution in [2.45, 2.75) is 11.3 Å². The van der Waals surface area contributed by atoms with Gasteiger partial charge in [0.1, 0.15) is 21.7 Å². The Bertz CT molecular complexity index is 1020. The van der Waals surface area contributed by atoms with Gasteiger partial charge in [-0.1, -0.05) is 24.3 Å². The van der Waals surface area contributed by atoms with E-state index in [9.17, 15) is 8.42 Å². The molecule has 3 aromatic rings. The summed E-state index contributed by atoms with van der Waals surface area (Å²) in [4.78, 5) is 2.54. The monoisotopic (exact) mass is 418 g/mol.